The molecule has 0 radical (unpaired) electrons. The minimum absolute atomic E-state index is 0.176. The van der Waals surface area contributed by atoms with Crippen molar-refractivity contribution in [2.75, 3.05) is 22.4 Å². The molecule has 1 N–H and O–H groups in total. The van der Waals surface area contributed by atoms with Crippen molar-refractivity contribution in [3.63, 3.8) is 0 Å². The SMILES string of the molecule is CSc1ccccc1C(=O)Nc1ccc2c(c1)CCCN2S(=O)(=O)c1ccccc1. The number of nitrogens with one attached hydrogen (secondary N) is 1. The number of anilines is 2. The smallest absolute Gasteiger partial charge is 0.264 e. The highest BCUT2D eigenvalue weighted by molar-refractivity contribution is 7.98. The molecule has 0 atom stereocenters. The van der Waals surface area contributed by atoms with Crippen molar-refractivity contribution in [3.05, 3.63) is 83.9 Å². The first-order valence-corrected chi connectivity index (χ1v) is 12.3. The molecule has 3 aromatic rings. The lowest BCUT2D eigenvalue weighted by Gasteiger charge is -2.31. The van der Waals surface area contributed by atoms with Gasteiger partial charge in [-0.05, 0) is 67.1 Å². The van der Waals surface area contributed by atoms with Gasteiger partial charge in [-0.1, -0.05) is 30.3 Å². The van der Waals surface area contributed by atoms with E-state index in [9.17, 15) is 13.2 Å². The predicted molar refractivity (Wildman–Crippen MR) is 122 cm³/mol. The molecule has 0 bridgehead atoms. The standard InChI is InChI=1S/C23H22N2O3S2/c1-29-22-12-6-5-11-20(22)23(26)24-18-13-14-21-17(16-18)8-7-15-25(21)30(27,28)19-9-3-2-4-10-19/h2-6,9-14,16H,7-8,15H2,1H3,(H,24,26). The van der Waals surface area contributed by atoms with Crippen molar-refractivity contribution < 1.29 is 13.2 Å². The molecule has 0 spiro atoms. The maximum atomic E-state index is 13.1. The van der Waals surface area contributed by atoms with Gasteiger partial charge >= 0.3 is 0 Å². The number of benzene rings is 3. The summed E-state index contributed by atoms with van der Waals surface area (Å²) in [5, 5.41) is 2.95. The van der Waals surface area contributed by atoms with E-state index in [-0.39, 0.29) is 10.8 Å². The van der Waals surface area contributed by atoms with Crippen LogP contribution in [-0.2, 0) is 16.4 Å². The molecule has 30 heavy (non-hydrogen) atoms. The van der Waals surface area contributed by atoms with Crippen LogP contribution in [0.3, 0.4) is 0 Å². The molecular formula is C23H22N2O3S2. The molecule has 1 aliphatic heterocycles. The van der Waals surface area contributed by atoms with Gasteiger partial charge in [-0.15, -0.1) is 11.8 Å². The van der Waals surface area contributed by atoms with Gasteiger partial charge in [-0.25, -0.2) is 8.42 Å². The van der Waals surface area contributed by atoms with Crippen molar-refractivity contribution >= 4 is 39.1 Å². The predicted octanol–water partition coefficient (Wildman–Crippen LogP) is 4.80. The molecule has 7 heteroatoms. The van der Waals surface area contributed by atoms with E-state index in [4.69, 9.17) is 0 Å². The monoisotopic (exact) mass is 438 g/mol. The second-order valence-electron chi connectivity index (χ2n) is 6.99. The van der Waals surface area contributed by atoms with Crippen molar-refractivity contribution in [1.82, 2.24) is 0 Å². The highest BCUT2D eigenvalue weighted by atomic mass is 32.2. The first-order valence-electron chi connectivity index (χ1n) is 9.66. The van der Waals surface area contributed by atoms with E-state index in [1.165, 1.54) is 16.1 Å². The number of hydrogen-bond acceptors (Lipinski definition) is 4. The normalized spacial score (nSPS) is 13.6. The number of nitrogens with zero attached hydrogens (tertiary/aromatic N) is 1. The second-order valence-corrected chi connectivity index (χ2v) is 9.70. The van der Waals surface area contributed by atoms with E-state index >= 15 is 0 Å². The molecule has 4 rings (SSSR count). The van der Waals surface area contributed by atoms with Crippen LogP contribution in [0.2, 0.25) is 0 Å². The van der Waals surface area contributed by atoms with Gasteiger partial charge in [0, 0.05) is 17.1 Å². The Morgan fingerprint density at radius 2 is 1.73 bits per heavy atom. The van der Waals surface area contributed by atoms with E-state index in [2.05, 4.69) is 5.32 Å². The summed E-state index contributed by atoms with van der Waals surface area (Å²) in [7, 11) is -3.62. The molecule has 0 aromatic heterocycles. The number of thioether (sulfide) groups is 1. The second kappa shape index (κ2) is 8.53. The molecule has 0 saturated carbocycles. The number of fused-ring (bicyclic) bond motifs is 1. The minimum atomic E-state index is -3.62. The lowest BCUT2D eigenvalue weighted by Crippen LogP contribution is -2.35. The van der Waals surface area contributed by atoms with Gasteiger partial charge in [-0.3, -0.25) is 9.10 Å². The average Bonchev–Trinajstić information content (AvgIpc) is 2.79. The molecule has 0 unspecified atom stereocenters. The van der Waals surface area contributed by atoms with Crippen LogP contribution in [0.25, 0.3) is 0 Å². The zero-order valence-electron chi connectivity index (χ0n) is 16.5. The van der Waals surface area contributed by atoms with Crippen LogP contribution in [0.15, 0.2) is 82.6 Å². The van der Waals surface area contributed by atoms with Crippen LogP contribution < -0.4 is 9.62 Å². The first-order chi connectivity index (χ1) is 14.5. The molecule has 0 saturated heterocycles. The molecule has 1 heterocycles. The van der Waals surface area contributed by atoms with Crippen molar-refractivity contribution in [2.45, 2.75) is 22.6 Å². The molecule has 0 aliphatic carbocycles. The summed E-state index contributed by atoms with van der Waals surface area (Å²) in [5.74, 6) is -0.176. The van der Waals surface area contributed by atoms with E-state index < -0.39 is 10.0 Å². The van der Waals surface area contributed by atoms with E-state index in [1.807, 2.05) is 30.5 Å². The summed E-state index contributed by atoms with van der Waals surface area (Å²) in [5.41, 5.74) is 2.87. The number of aryl methyl sites for hydroxylation is 1. The maximum Gasteiger partial charge on any atom is 0.264 e. The summed E-state index contributed by atoms with van der Waals surface area (Å²) >= 11 is 1.52. The first kappa shape index (κ1) is 20.5. The Hall–Kier alpha value is -2.77. The van der Waals surface area contributed by atoms with Crippen LogP contribution in [0.5, 0.6) is 0 Å². The number of hydrogen-bond donors (Lipinski definition) is 1. The van der Waals surface area contributed by atoms with E-state index in [0.717, 1.165) is 23.3 Å². The lowest BCUT2D eigenvalue weighted by molar-refractivity contribution is 0.102. The summed E-state index contributed by atoms with van der Waals surface area (Å²) in [6, 6.07) is 21.4. The van der Waals surface area contributed by atoms with Gasteiger partial charge in [0.25, 0.3) is 15.9 Å². The molecule has 1 amide bonds. The number of rotatable bonds is 5. The van der Waals surface area contributed by atoms with Crippen molar-refractivity contribution in [3.8, 4) is 0 Å². The fraction of sp³-hybridized carbons (Fsp3) is 0.174. The Kier molecular flexibility index (Phi) is 5.83. The molecule has 154 valence electrons. The third kappa shape index (κ3) is 3.95. The van der Waals surface area contributed by atoms with Crippen LogP contribution in [0.1, 0.15) is 22.3 Å². The molecule has 5 nitrogen and oxygen atoms in total. The zero-order chi connectivity index (χ0) is 21.1. The quantitative estimate of drug-likeness (QED) is 0.581. The van der Waals surface area contributed by atoms with Gasteiger partial charge < -0.3 is 5.32 Å². The molecule has 0 fully saturated rings. The highest BCUT2D eigenvalue weighted by Crippen LogP contribution is 2.34. The highest BCUT2D eigenvalue weighted by Gasteiger charge is 2.29. The topological polar surface area (TPSA) is 66.5 Å². The van der Waals surface area contributed by atoms with Crippen molar-refractivity contribution in [1.29, 1.82) is 0 Å². The number of sulfonamides is 1. The lowest BCUT2D eigenvalue weighted by atomic mass is 10.0. The largest absolute Gasteiger partial charge is 0.322 e. The Labute approximate surface area is 181 Å². The van der Waals surface area contributed by atoms with Gasteiger partial charge in [0.1, 0.15) is 0 Å². The zero-order valence-corrected chi connectivity index (χ0v) is 18.2. The van der Waals surface area contributed by atoms with E-state index in [1.54, 1.807) is 48.5 Å². The number of carbonyl (C=O) groups excluding carboxylic acids is 1. The third-order valence-corrected chi connectivity index (χ3v) is 7.72. The Balaban J connectivity index is 1.62. The van der Waals surface area contributed by atoms with Crippen molar-refractivity contribution in [2.24, 2.45) is 0 Å². The summed E-state index contributed by atoms with van der Waals surface area (Å²) in [4.78, 5) is 13.9. The minimum Gasteiger partial charge on any atom is -0.322 e. The van der Waals surface area contributed by atoms with Crippen LogP contribution >= 0.6 is 11.8 Å². The molecule has 3 aromatic carbocycles. The van der Waals surface area contributed by atoms with Crippen LogP contribution in [-0.4, -0.2) is 27.1 Å². The van der Waals surface area contributed by atoms with Gasteiger partial charge in [-0.2, -0.15) is 0 Å². The molecule has 1 aliphatic rings. The summed E-state index contributed by atoms with van der Waals surface area (Å²) in [6.07, 6.45) is 3.43. The van der Waals surface area contributed by atoms with Gasteiger partial charge in [0.15, 0.2) is 0 Å². The molecular weight excluding hydrogens is 416 g/mol. The summed E-state index contributed by atoms with van der Waals surface area (Å²) in [6.45, 7) is 0.441. The summed E-state index contributed by atoms with van der Waals surface area (Å²) < 4.78 is 27.7. The maximum absolute atomic E-state index is 13.1. The fourth-order valence-electron chi connectivity index (χ4n) is 3.64. The van der Waals surface area contributed by atoms with Gasteiger partial charge in [0.2, 0.25) is 0 Å². The third-order valence-electron chi connectivity index (χ3n) is 5.10. The fourth-order valence-corrected chi connectivity index (χ4v) is 5.80. The van der Waals surface area contributed by atoms with Gasteiger partial charge in [0.05, 0.1) is 16.1 Å². The Morgan fingerprint density at radius 1 is 1.00 bits per heavy atom. The van der Waals surface area contributed by atoms with Crippen LogP contribution in [0, 0.1) is 0 Å². The number of carbonyl (C=O) groups is 1. The Bertz CT molecular complexity index is 1180. The van der Waals surface area contributed by atoms with E-state index in [0.29, 0.717) is 23.5 Å². The Morgan fingerprint density at radius 3 is 2.50 bits per heavy atom. The van der Waals surface area contributed by atoms with Crippen LogP contribution in [0.4, 0.5) is 11.4 Å². The average molecular weight is 439 g/mol. The number of amides is 1.